The van der Waals surface area contributed by atoms with Gasteiger partial charge in [0, 0.05) is 12.8 Å². The first kappa shape index (κ1) is 78.7. The topological polar surface area (TPSA) is 111 Å². The van der Waals surface area contributed by atoms with Crippen LogP contribution in [0.25, 0.3) is 0 Å². The number of esters is 1. The number of nitrogens with zero attached hydrogens (tertiary/aromatic N) is 1. The molecule has 2 N–H and O–H groups in total. The van der Waals surface area contributed by atoms with Gasteiger partial charge in [-0.2, -0.15) is 0 Å². The zero-order valence-corrected chi connectivity index (χ0v) is 55.2. The Morgan fingerprint density at radius 1 is 0.432 bits per heavy atom. The highest BCUT2D eigenvalue weighted by Crippen LogP contribution is 2.43. The minimum absolute atomic E-state index is 0.0351. The molecule has 0 radical (unpaired) electrons. The van der Waals surface area contributed by atoms with E-state index in [1.54, 1.807) is 0 Å². The summed E-state index contributed by atoms with van der Waals surface area (Å²) in [5, 5.41) is 3.06. The average molecular weight is 1160 g/mol. The van der Waals surface area contributed by atoms with Gasteiger partial charge in [0.1, 0.15) is 19.3 Å². The van der Waals surface area contributed by atoms with E-state index in [1.165, 1.54) is 212 Å². The molecule has 0 heterocycles. The molecular weight excluding hydrogens is 1020 g/mol. The SMILES string of the molecule is CCCCC/C=C\C/C=C\C/C=C\C/C=C\CCCCCC(=O)OC(/C=C/CCCCCCCCCCC)C(COP(=O)(O)OCC[N+](C)(C)C)NC(=O)CCCCCCCCCCCCCCCCCCCCCCCCCCC. The van der Waals surface area contributed by atoms with Crippen LogP contribution in [0, 0.1) is 0 Å². The summed E-state index contributed by atoms with van der Waals surface area (Å²) in [6.45, 7) is 7.00. The van der Waals surface area contributed by atoms with Gasteiger partial charge in [-0.1, -0.05) is 300 Å². The number of ether oxygens (including phenoxy) is 1. The van der Waals surface area contributed by atoms with Crippen LogP contribution in [0.3, 0.4) is 0 Å². The highest BCUT2D eigenvalue weighted by Gasteiger charge is 2.30. The molecule has 0 saturated carbocycles. The number of carbonyl (C=O) groups is 2. The second-order valence-corrected chi connectivity index (χ2v) is 26.2. The number of quaternary nitrogens is 1. The normalized spacial score (nSPS) is 13.9. The third-order valence-corrected chi connectivity index (χ3v) is 16.4. The maximum atomic E-state index is 13.6. The Morgan fingerprint density at radius 2 is 0.753 bits per heavy atom. The lowest BCUT2D eigenvalue weighted by Crippen LogP contribution is -2.47. The molecular formula is C71H134N2O7P+. The van der Waals surface area contributed by atoms with E-state index in [1.807, 2.05) is 33.3 Å². The molecule has 0 aromatic carbocycles. The zero-order valence-electron chi connectivity index (χ0n) is 54.3. The first-order chi connectivity index (χ1) is 39.4. The number of carbonyl (C=O) groups excluding carboxylic acids is 2. The van der Waals surface area contributed by atoms with E-state index in [9.17, 15) is 19.0 Å². The molecule has 3 unspecified atom stereocenters. The lowest BCUT2D eigenvalue weighted by Gasteiger charge is -2.27. The summed E-state index contributed by atoms with van der Waals surface area (Å²) in [7, 11) is 1.49. The van der Waals surface area contributed by atoms with Crippen molar-refractivity contribution in [2.45, 2.75) is 341 Å². The second kappa shape index (κ2) is 60.8. The fourth-order valence-electron chi connectivity index (χ4n) is 10.1. The van der Waals surface area contributed by atoms with Crippen LogP contribution >= 0.6 is 7.82 Å². The van der Waals surface area contributed by atoms with Gasteiger partial charge in [0.15, 0.2) is 0 Å². The van der Waals surface area contributed by atoms with Gasteiger partial charge in [-0.05, 0) is 76.7 Å². The van der Waals surface area contributed by atoms with Crippen LogP contribution in [0.15, 0.2) is 60.8 Å². The number of amides is 1. The molecule has 0 fully saturated rings. The summed E-state index contributed by atoms with van der Waals surface area (Å²) in [5.41, 5.74) is 0. The molecule has 0 rings (SSSR count). The van der Waals surface area contributed by atoms with Crippen molar-refractivity contribution < 1.29 is 37.3 Å². The number of phosphoric acid groups is 1. The standard InChI is InChI=1S/C71H133N2O7P/c1-7-10-13-16-19-22-25-27-29-31-33-34-35-36-37-38-40-41-43-45-48-51-54-57-60-63-70(74)72-68(67-79-81(76,77)78-66-65-73(4,5)6)69(62-59-56-53-50-47-24-21-18-15-12-9-3)80-71(75)64-61-58-55-52-49-46-44-42-39-32-30-28-26-23-20-17-14-11-8-2/h20,23,28,30,39,42,46,49,59,62,68-69H,7-19,21-22,24-27,29,31-38,40-41,43-45,47-48,50-58,60-61,63-67H2,1-6H3,(H-,72,74,76,77)/p+1/b23-20-,30-28-,42-39-,49-46-,62-59+. The highest BCUT2D eigenvalue weighted by molar-refractivity contribution is 7.47. The van der Waals surface area contributed by atoms with Crippen LogP contribution in [0.4, 0.5) is 0 Å². The number of phosphoric ester groups is 1. The molecule has 0 bridgehead atoms. The highest BCUT2D eigenvalue weighted by atomic mass is 31.2. The number of unbranched alkanes of at least 4 members (excludes halogenated alkanes) is 39. The van der Waals surface area contributed by atoms with Gasteiger partial charge in [-0.3, -0.25) is 18.6 Å². The van der Waals surface area contributed by atoms with Gasteiger partial charge in [0.05, 0.1) is 33.8 Å². The van der Waals surface area contributed by atoms with E-state index in [-0.39, 0.29) is 31.5 Å². The maximum absolute atomic E-state index is 13.6. The van der Waals surface area contributed by atoms with Crippen LogP contribution in [-0.2, 0) is 27.9 Å². The van der Waals surface area contributed by atoms with Crippen molar-refractivity contribution in [3.63, 3.8) is 0 Å². The van der Waals surface area contributed by atoms with Gasteiger partial charge < -0.3 is 19.4 Å². The smallest absolute Gasteiger partial charge is 0.456 e. The third kappa shape index (κ3) is 62.1. The lowest BCUT2D eigenvalue weighted by molar-refractivity contribution is -0.870. The summed E-state index contributed by atoms with van der Waals surface area (Å²) >= 11 is 0. The molecule has 0 saturated heterocycles. The van der Waals surface area contributed by atoms with Crippen LogP contribution in [0.5, 0.6) is 0 Å². The Balaban J connectivity index is 5.07. The van der Waals surface area contributed by atoms with Crippen molar-refractivity contribution in [1.29, 1.82) is 0 Å². The number of likely N-dealkylation sites (N-methyl/N-ethyl adjacent to an activating group) is 1. The largest absolute Gasteiger partial charge is 0.472 e. The number of nitrogens with one attached hydrogen (secondary N) is 1. The van der Waals surface area contributed by atoms with Gasteiger partial charge in [0.2, 0.25) is 5.91 Å². The zero-order chi connectivity index (χ0) is 59.3. The Bertz CT molecular complexity index is 1570. The van der Waals surface area contributed by atoms with Crippen LogP contribution in [-0.4, -0.2) is 74.3 Å². The summed E-state index contributed by atoms with van der Waals surface area (Å²) in [4.78, 5) is 37.8. The second-order valence-electron chi connectivity index (χ2n) is 24.7. The first-order valence-electron chi connectivity index (χ1n) is 34.6. The summed E-state index contributed by atoms with van der Waals surface area (Å²) in [6.07, 6.45) is 78.1. The number of hydrogen-bond acceptors (Lipinski definition) is 6. The molecule has 0 aromatic heterocycles. The Hall–Kier alpha value is -2.29. The molecule has 0 aromatic rings. The third-order valence-electron chi connectivity index (χ3n) is 15.5. The van der Waals surface area contributed by atoms with Gasteiger partial charge in [-0.15, -0.1) is 0 Å². The van der Waals surface area contributed by atoms with Crippen molar-refractivity contribution in [1.82, 2.24) is 5.32 Å². The maximum Gasteiger partial charge on any atom is 0.472 e. The molecule has 10 heteroatoms. The summed E-state index contributed by atoms with van der Waals surface area (Å²) < 4.78 is 30.7. The molecule has 81 heavy (non-hydrogen) atoms. The number of allylic oxidation sites excluding steroid dienone is 9. The first-order valence-corrected chi connectivity index (χ1v) is 36.1. The summed E-state index contributed by atoms with van der Waals surface area (Å²) in [6, 6.07) is -0.861. The fraction of sp³-hybridized carbons (Fsp3) is 0.831. The van der Waals surface area contributed by atoms with E-state index in [0.717, 1.165) is 77.0 Å². The van der Waals surface area contributed by atoms with Crippen LogP contribution < -0.4 is 5.32 Å². The fourth-order valence-corrected chi connectivity index (χ4v) is 10.8. The molecule has 0 aliphatic heterocycles. The van der Waals surface area contributed by atoms with Gasteiger partial charge >= 0.3 is 13.8 Å². The predicted molar refractivity (Wildman–Crippen MR) is 351 cm³/mol. The van der Waals surface area contributed by atoms with Gasteiger partial charge in [-0.25, -0.2) is 4.57 Å². The van der Waals surface area contributed by atoms with Crippen molar-refractivity contribution in [3.05, 3.63) is 60.8 Å². The van der Waals surface area contributed by atoms with Crippen molar-refractivity contribution >= 4 is 19.7 Å². The molecule has 9 nitrogen and oxygen atoms in total. The molecule has 0 aliphatic rings. The van der Waals surface area contributed by atoms with Crippen molar-refractivity contribution in [2.75, 3.05) is 40.9 Å². The molecule has 3 atom stereocenters. The lowest BCUT2D eigenvalue weighted by atomic mass is 10.0. The Kier molecular flexibility index (Phi) is 59.1. The number of rotatable bonds is 63. The summed E-state index contributed by atoms with van der Waals surface area (Å²) in [5.74, 6) is -0.530. The monoisotopic (exact) mass is 1160 g/mol. The van der Waals surface area contributed by atoms with Gasteiger partial charge in [0.25, 0.3) is 0 Å². The van der Waals surface area contributed by atoms with E-state index in [0.29, 0.717) is 23.9 Å². The van der Waals surface area contributed by atoms with Crippen LogP contribution in [0.1, 0.15) is 329 Å². The Morgan fingerprint density at radius 3 is 1.16 bits per heavy atom. The van der Waals surface area contributed by atoms with Crippen molar-refractivity contribution in [2.24, 2.45) is 0 Å². The van der Waals surface area contributed by atoms with E-state index in [4.69, 9.17) is 13.8 Å². The minimum Gasteiger partial charge on any atom is -0.456 e. The van der Waals surface area contributed by atoms with Crippen LogP contribution in [0.2, 0.25) is 0 Å². The average Bonchev–Trinajstić information content (AvgIpc) is 3.44. The van der Waals surface area contributed by atoms with E-state index in [2.05, 4.69) is 74.7 Å². The van der Waals surface area contributed by atoms with E-state index < -0.39 is 20.0 Å². The quantitative estimate of drug-likeness (QED) is 0.0205. The molecule has 474 valence electrons. The van der Waals surface area contributed by atoms with Crippen molar-refractivity contribution in [3.8, 4) is 0 Å². The minimum atomic E-state index is -4.46. The Labute approximate surface area is 502 Å². The van der Waals surface area contributed by atoms with E-state index >= 15 is 0 Å². The molecule has 1 amide bonds. The number of hydrogen-bond donors (Lipinski definition) is 2. The molecule has 0 spiro atoms. The molecule has 0 aliphatic carbocycles. The predicted octanol–water partition coefficient (Wildman–Crippen LogP) is 21.8.